The number of nitrogens with two attached hydrogens (primary N) is 1. The lowest BCUT2D eigenvalue weighted by Gasteiger charge is -2.23. The first kappa shape index (κ1) is 14.9. The van der Waals surface area contributed by atoms with Crippen LogP contribution in [-0.4, -0.2) is 19.6 Å². The van der Waals surface area contributed by atoms with Crippen LogP contribution in [0.5, 0.6) is 5.75 Å². The monoisotopic (exact) mass is 284 g/mol. The number of amides is 1. The summed E-state index contributed by atoms with van der Waals surface area (Å²) in [6.07, 6.45) is 0. The molecule has 0 aliphatic rings. The summed E-state index contributed by atoms with van der Waals surface area (Å²) < 4.78 is 5.18. The summed E-state index contributed by atoms with van der Waals surface area (Å²) in [5.41, 5.74) is 8.86. The predicted molar refractivity (Wildman–Crippen MR) is 85.9 cm³/mol. The quantitative estimate of drug-likeness (QED) is 0.877. The molecule has 0 saturated carbocycles. The molecule has 1 amide bonds. The van der Waals surface area contributed by atoms with E-state index in [2.05, 4.69) is 0 Å². The topological polar surface area (TPSA) is 55.6 Å². The van der Waals surface area contributed by atoms with Crippen molar-refractivity contribution in [3.8, 4) is 5.75 Å². The van der Waals surface area contributed by atoms with Gasteiger partial charge in [-0.3, -0.25) is 4.79 Å². The molecule has 0 aliphatic heterocycles. The number of hydrogen-bond acceptors (Lipinski definition) is 3. The molecule has 21 heavy (non-hydrogen) atoms. The van der Waals surface area contributed by atoms with Crippen molar-refractivity contribution in [1.82, 2.24) is 0 Å². The molecule has 0 saturated heterocycles. The Labute approximate surface area is 125 Å². The van der Waals surface area contributed by atoms with Gasteiger partial charge in [-0.1, -0.05) is 18.2 Å². The summed E-state index contributed by atoms with van der Waals surface area (Å²) in [6, 6.07) is 12.9. The van der Waals surface area contributed by atoms with Gasteiger partial charge in [0.15, 0.2) is 0 Å². The fraction of sp³-hybridized carbons (Fsp3) is 0.235. The number of benzene rings is 2. The van der Waals surface area contributed by atoms with Crippen molar-refractivity contribution in [3.05, 3.63) is 53.6 Å². The van der Waals surface area contributed by atoms with Crippen molar-refractivity contribution < 1.29 is 9.53 Å². The van der Waals surface area contributed by atoms with E-state index in [0.29, 0.717) is 23.5 Å². The molecule has 0 unspecified atom stereocenters. The van der Waals surface area contributed by atoms with Gasteiger partial charge < -0.3 is 15.4 Å². The van der Waals surface area contributed by atoms with Gasteiger partial charge in [0, 0.05) is 17.8 Å². The Kier molecular flexibility index (Phi) is 4.48. The Bertz CT molecular complexity index is 653. The third kappa shape index (κ3) is 2.99. The number of methoxy groups -OCH3 is 1. The molecule has 0 bridgehead atoms. The van der Waals surface area contributed by atoms with E-state index in [1.807, 2.05) is 38.1 Å². The van der Waals surface area contributed by atoms with Crippen molar-refractivity contribution in [2.45, 2.75) is 13.8 Å². The highest BCUT2D eigenvalue weighted by Crippen LogP contribution is 2.26. The highest BCUT2D eigenvalue weighted by Gasteiger charge is 2.18. The van der Waals surface area contributed by atoms with Gasteiger partial charge in [-0.25, -0.2) is 0 Å². The second-order valence-electron chi connectivity index (χ2n) is 4.79. The van der Waals surface area contributed by atoms with E-state index in [-0.39, 0.29) is 5.91 Å². The van der Waals surface area contributed by atoms with Crippen LogP contribution in [0.4, 0.5) is 11.4 Å². The molecule has 2 aromatic carbocycles. The van der Waals surface area contributed by atoms with E-state index in [0.717, 1.165) is 11.3 Å². The number of ether oxygens (including phenoxy) is 1. The number of carbonyl (C=O) groups is 1. The third-order valence-electron chi connectivity index (χ3n) is 3.45. The molecule has 110 valence electrons. The maximum atomic E-state index is 12.7. The number of aryl methyl sites for hydroxylation is 1. The van der Waals surface area contributed by atoms with Crippen LogP contribution in [0.15, 0.2) is 42.5 Å². The minimum Gasteiger partial charge on any atom is -0.495 e. The van der Waals surface area contributed by atoms with Crippen molar-refractivity contribution in [1.29, 1.82) is 0 Å². The lowest BCUT2D eigenvalue weighted by Crippen LogP contribution is -2.31. The summed E-state index contributed by atoms with van der Waals surface area (Å²) in [5, 5.41) is 0. The molecule has 2 aromatic rings. The fourth-order valence-electron chi connectivity index (χ4n) is 2.29. The first-order valence-electron chi connectivity index (χ1n) is 6.89. The lowest BCUT2D eigenvalue weighted by molar-refractivity contribution is 0.0988. The second kappa shape index (κ2) is 6.31. The van der Waals surface area contributed by atoms with Crippen molar-refractivity contribution in [2.75, 3.05) is 24.3 Å². The highest BCUT2D eigenvalue weighted by molar-refractivity contribution is 6.07. The van der Waals surface area contributed by atoms with Crippen LogP contribution in [0.1, 0.15) is 22.8 Å². The molecular formula is C17H20N2O2. The minimum absolute atomic E-state index is 0.0647. The van der Waals surface area contributed by atoms with Crippen LogP contribution in [0.2, 0.25) is 0 Å². The SMILES string of the molecule is CCN(C(=O)c1ccc(N)c(OC)c1)c1ccccc1C. The molecule has 0 aromatic heterocycles. The van der Waals surface area contributed by atoms with Crippen LogP contribution in [0.25, 0.3) is 0 Å². The molecule has 2 N–H and O–H groups in total. The normalized spacial score (nSPS) is 10.2. The van der Waals surface area contributed by atoms with Gasteiger partial charge in [0.25, 0.3) is 5.91 Å². The van der Waals surface area contributed by atoms with Crippen molar-refractivity contribution in [3.63, 3.8) is 0 Å². The van der Waals surface area contributed by atoms with E-state index >= 15 is 0 Å². The highest BCUT2D eigenvalue weighted by atomic mass is 16.5. The van der Waals surface area contributed by atoms with Crippen LogP contribution in [0, 0.1) is 6.92 Å². The minimum atomic E-state index is -0.0647. The van der Waals surface area contributed by atoms with E-state index in [1.165, 1.54) is 0 Å². The molecule has 4 nitrogen and oxygen atoms in total. The third-order valence-corrected chi connectivity index (χ3v) is 3.45. The lowest BCUT2D eigenvalue weighted by atomic mass is 10.1. The summed E-state index contributed by atoms with van der Waals surface area (Å²) in [4.78, 5) is 14.5. The molecule has 0 radical (unpaired) electrons. The van der Waals surface area contributed by atoms with Crippen LogP contribution >= 0.6 is 0 Å². The van der Waals surface area contributed by atoms with Crippen molar-refractivity contribution >= 4 is 17.3 Å². The van der Waals surface area contributed by atoms with Gasteiger partial charge in [-0.15, -0.1) is 0 Å². The fourth-order valence-corrected chi connectivity index (χ4v) is 2.29. The average molecular weight is 284 g/mol. The maximum absolute atomic E-state index is 12.7. The Morgan fingerprint density at radius 2 is 1.95 bits per heavy atom. The molecule has 0 atom stereocenters. The molecule has 0 fully saturated rings. The molecule has 2 rings (SSSR count). The molecule has 0 spiro atoms. The number of nitrogen functional groups attached to an aromatic ring is 1. The molecule has 4 heteroatoms. The summed E-state index contributed by atoms with van der Waals surface area (Å²) in [6.45, 7) is 4.55. The van der Waals surface area contributed by atoms with Crippen LogP contribution in [0.3, 0.4) is 0 Å². The first-order valence-corrected chi connectivity index (χ1v) is 6.89. The summed E-state index contributed by atoms with van der Waals surface area (Å²) in [7, 11) is 1.54. The van der Waals surface area contributed by atoms with Crippen molar-refractivity contribution in [2.24, 2.45) is 0 Å². The van der Waals surface area contributed by atoms with Gasteiger partial charge in [0.05, 0.1) is 12.8 Å². The Hall–Kier alpha value is -2.49. The van der Waals surface area contributed by atoms with Gasteiger partial charge in [0.2, 0.25) is 0 Å². The Balaban J connectivity index is 2.39. The van der Waals surface area contributed by atoms with Gasteiger partial charge in [0.1, 0.15) is 5.75 Å². The van der Waals surface area contributed by atoms with E-state index in [1.54, 1.807) is 30.2 Å². The zero-order valence-corrected chi connectivity index (χ0v) is 12.6. The number of carbonyl (C=O) groups excluding carboxylic acids is 1. The zero-order chi connectivity index (χ0) is 15.4. The Morgan fingerprint density at radius 3 is 2.57 bits per heavy atom. The number of anilines is 2. The number of nitrogens with zero attached hydrogens (tertiary/aromatic N) is 1. The predicted octanol–water partition coefficient (Wildman–Crippen LogP) is 3.25. The number of para-hydroxylation sites is 1. The average Bonchev–Trinajstić information content (AvgIpc) is 2.50. The smallest absolute Gasteiger partial charge is 0.258 e. The van der Waals surface area contributed by atoms with Gasteiger partial charge >= 0.3 is 0 Å². The molecule has 0 heterocycles. The zero-order valence-electron chi connectivity index (χ0n) is 12.6. The largest absolute Gasteiger partial charge is 0.495 e. The second-order valence-corrected chi connectivity index (χ2v) is 4.79. The standard InChI is InChI=1S/C17H20N2O2/c1-4-19(15-8-6-5-7-12(15)2)17(20)13-9-10-14(18)16(11-13)21-3/h5-11H,4,18H2,1-3H3. The summed E-state index contributed by atoms with van der Waals surface area (Å²) in [5.74, 6) is 0.451. The van der Waals surface area contributed by atoms with E-state index < -0.39 is 0 Å². The summed E-state index contributed by atoms with van der Waals surface area (Å²) >= 11 is 0. The molecular weight excluding hydrogens is 264 g/mol. The van der Waals surface area contributed by atoms with Crippen LogP contribution < -0.4 is 15.4 Å². The molecule has 0 aliphatic carbocycles. The first-order chi connectivity index (χ1) is 10.1. The maximum Gasteiger partial charge on any atom is 0.258 e. The van der Waals surface area contributed by atoms with Gasteiger partial charge in [-0.05, 0) is 43.7 Å². The number of hydrogen-bond donors (Lipinski definition) is 1. The van der Waals surface area contributed by atoms with E-state index in [9.17, 15) is 4.79 Å². The van der Waals surface area contributed by atoms with Gasteiger partial charge in [-0.2, -0.15) is 0 Å². The van der Waals surface area contributed by atoms with E-state index in [4.69, 9.17) is 10.5 Å². The number of rotatable bonds is 4. The van der Waals surface area contributed by atoms with Crippen LogP contribution in [-0.2, 0) is 0 Å². The Morgan fingerprint density at radius 1 is 1.24 bits per heavy atom.